The lowest BCUT2D eigenvalue weighted by Gasteiger charge is -2.21. The number of nitrogens with one attached hydrogen (secondary N) is 1. The molecule has 4 rings (SSSR count). The van der Waals surface area contributed by atoms with E-state index in [4.69, 9.17) is 4.74 Å². The smallest absolute Gasteiger partial charge is 0.339 e. The molecule has 0 aromatic heterocycles. The molecule has 6 heteroatoms. The fourth-order valence-corrected chi connectivity index (χ4v) is 3.75. The van der Waals surface area contributed by atoms with Gasteiger partial charge in [-0.2, -0.15) is 0 Å². The summed E-state index contributed by atoms with van der Waals surface area (Å²) in [5, 5.41) is 2.57. The number of carbonyl (C=O) groups excluding carboxylic acids is 4. The van der Waals surface area contributed by atoms with Gasteiger partial charge in [0.05, 0.1) is 5.56 Å². The fraction of sp³-hybridized carbons (Fsp3) is 0.154. The van der Waals surface area contributed by atoms with Crippen molar-refractivity contribution in [2.45, 2.75) is 20.0 Å². The molecule has 0 radical (unpaired) electrons. The van der Waals surface area contributed by atoms with Crippen molar-refractivity contribution in [3.05, 3.63) is 101 Å². The maximum atomic E-state index is 13.4. The van der Waals surface area contributed by atoms with Crippen molar-refractivity contribution >= 4 is 29.1 Å². The van der Waals surface area contributed by atoms with Crippen LogP contribution in [0.25, 0.3) is 0 Å². The molecule has 6 nitrogen and oxygen atoms in total. The Hall–Kier alpha value is -4.06. The SMILES string of the molecule is Cc1ccc(NC(=O)C(=O)[C@@H](C(=O)c2ccccc2)[C@@H]2OC(=O)c3ccccc32)cc1C. The lowest BCUT2D eigenvalue weighted by Crippen LogP contribution is -2.38. The molecule has 2 atom stereocenters. The predicted octanol–water partition coefficient (Wildman–Crippen LogP) is 4.22. The summed E-state index contributed by atoms with van der Waals surface area (Å²) in [5.41, 5.74) is 3.39. The Labute approximate surface area is 185 Å². The maximum Gasteiger partial charge on any atom is 0.339 e. The molecule has 0 aliphatic carbocycles. The molecule has 160 valence electrons. The number of fused-ring (bicyclic) bond motifs is 1. The number of cyclic esters (lactones) is 1. The van der Waals surface area contributed by atoms with Gasteiger partial charge >= 0.3 is 5.97 Å². The van der Waals surface area contributed by atoms with Gasteiger partial charge in [-0.1, -0.05) is 54.6 Å². The number of ether oxygens (including phenoxy) is 1. The molecule has 1 aliphatic rings. The van der Waals surface area contributed by atoms with Gasteiger partial charge < -0.3 is 10.1 Å². The summed E-state index contributed by atoms with van der Waals surface area (Å²) in [6.45, 7) is 3.83. The molecular weight excluding hydrogens is 406 g/mol. The predicted molar refractivity (Wildman–Crippen MR) is 118 cm³/mol. The zero-order valence-corrected chi connectivity index (χ0v) is 17.6. The number of rotatable bonds is 6. The molecule has 1 heterocycles. The molecule has 32 heavy (non-hydrogen) atoms. The van der Waals surface area contributed by atoms with Gasteiger partial charge in [0.25, 0.3) is 5.91 Å². The lowest BCUT2D eigenvalue weighted by molar-refractivity contribution is -0.138. The maximum absolute atomic E-state index is 13.4. The van der Waals surface area contributed by atoms with Crippen LogP contribution < -0.4 is 5.32 Å². The Morgan fingerprint density at radius 2 is 1.56 bits per heavy atom. The molecule has 0 saturated heterocycles. The van der Waals surface area contributed by atoms with Crippen LogP contribution in [0.5, 0.6) is 0 Å². The molecule has 0 unspecified atom stereocenters. The number of carbonyl (C=O) groups is 4. The summed E-state index contributed by atoms with van der Waals surface area (Å²) in [6.07, 6.45) is -1.18. The number of ketones is 2. The first kappa shape index (κ1) is 21.2. The van der Waals surface area contributed by atoms with Crippen molar-refractivity contribution in [1.82, 2.24) is 0 Å². The van der Waals surface area contributed by atoms with E-state index in [0.29, 0.717) is 11.3 Å². The summed E-state index contributed by atoms with van der Waals surface area (Å²) >= 11 is 0. The molecule has 0 saturated carbocycles. The minimum Gasteiger partial charge on any atom is -0.453 e. The van der Waals surface area contributed by atoms with Crippen LogP contribution >= 0.6 is 0 Å². The Kier molecular flexibility index (Phi) is 5.69. The van der Waals surface area contributed by atoms with E-state index in [2.05, 4.69) is 5.32 Å². The number of amides is 1. The average molecular weight is 427 g/mol. The van der Waals surface area contributed by atoms with Gasteiger partial charge in [-0.25, -0.2) is 4.79 Å². The number of aryl methyl sites for hydroxylation is 2. The molecule has 3 aromatic carbocycles. The second kappa shape index (κ2) is 8.59. The Morgan fingerprint density at radius 1 is 0.875 bits per heavy atom. The van der Waals surface area contributed by atoms with E-state index in [0.717, 1.165) is 11.1 Å². The first-order chi connectivity index (χ1) is 15.4. The van der Waals surface area contributed by atoms with Crippen molar-refractivity contribution in [3.8, 4) is 0 Å². The standard InChI is InChI=1S/C26H21NO5/c1-15-12-13-18(14-16(15)2)27-25(30)23(29)21(22(28)17-8-4-3-5-9-17)24-19-10-6-7-11-20(19)26(31)32-24/h3-14,21,24H,1-2H3,(H,27,30)/t21-,24-/m1/s1. The first-order valence-electron chi connectivity index (χ1n) is 10.2. The van der Waals surface area contributed by atoms with Gasteiger partial charge in [-0.15, -0.1) is 0 Å². The highest BCUT2D eigenvalue weighted by molar-refractivity contribution is 6.45. The summed E-state index contributed by atoms with van der Waals surface area (Å²) in [4.78, 5) is 51.9. The Balaban J connectivity index is 1.70. The van der Waals surface area contributed by atoms with Gasteiger partial charge in [0.2, 0.25) is 5.78 Å². The van der Waals surface area contributed by atoms with E-state index in [1.807, 2.05) is 19.9 Å². The van der Waals surface area contributed by atoms with Crippen LogP contribution in [0.15, 0.2) is 72.8 Å². The molecule has 1 aliphatic heterocycles. The topological polar surface area (TPSA) is 89.5 Å². The monoisotopic (exact) mass is 427 g/mol. The summed E-state index contributed by atoms with van der Waals surface area (Å²) in [5.74, 6) is -4.62. The average Bonchev–Trinajstić information content (AvgIpc) is 3.13. The number of esters is 1. The van der Waals surface area contributed by atoms with E-state index in [1.54, 1.807) is 66.7 Å². The van der Waals surface area contributed by atoms with E-state index in [1.165, 1.54) is 0 Å². The van der Waals surface area contributed by atoms with Gasteiger partial charge in [0.15, 0.2) is 5.78 Å². The van der Waals surface area contributed by atoms with Crippen LogP contribution in [0.4, 0.5) is 5.69 Å². The van der Waals surface area contributed by atoms with Gasteiger partial charge in [0, 0.05) is 16.8 Å². The second-order valence-corrected chi connectivity index (χ2v) is 7.74. The third kappa shape index (κ3) is 3.95. The number of benzene rings is 3. The normalized spacial score (nSPS) is 15.4. The first-order valence-corrected chi connectivity index (χ1v) is 10.2. The second-order valence-electron chi connectivity index (χ2n) is 7.74. The van der Waals surface area contributed by atoms with E-state index in [9.17, 15) is 19.2 Å². The van der Waals surface area contributed by atoms with Crippen molar-refractivity contribution < 1.29 is 23.9 Å². The molecule has 3 aromatic rings. The molecular formula is C26H21NO5. The fourth-order valence-electron chi connectivity index (χ4n) is 3.75. The van der Waals surface area contributed by atoms with Gasteiger partial charge in [-0.3, -0.25) is 14.4 Å². The van der Waals surface area contributed by atoms with Crippen LogP contribution in [0, 0.1) is 19.8 Å². The van der Waals surface area contributed by atoms with E-state index < -0.39 is 35.5 Å². The molecule has 0 spiro atoms. The summed E-state index contributed by atoms with van der Waals surface area (Å²) < 4.78 is 5.43. The zero-order valence-electron chi connectivity index (χ0n) is 17.6. The number of hydrogen-bond donors (Lipinski definition) is 1. The number of hydrogen-bond acceptors (Lipinski definition) is 5. The van der Waals surface area contributed by atoms with Crippen LogP contribution in [0.3, 0.4) is 0 Å². The van der Waals surface area contributed by atoms with E-state index in [-0.39, 0.29) is 11.1 Å². The van der Waals surface area contributed by atoms with Crippen LogP contribution in [0.2, 0.25) is 0 Å². The minimum atomic E-state index is -1.50. The molecule has 0 fully saturated rings. The van der Waals surface area contributed by atoms with Gasteiger partial charge in [-0.05, 0) is 43.2 Å². The number of Topliss-reactive ketones (excluding diaryl/α,β-unsaturated/α-hetero) is 2. The Morgan fingerprint density at radius 3 is 2.28 bits per heavy atom. The summed E-state index contributed by atoms with van der Waals surface area (Å²) in [7, 11) is 0. The highest BCUT2D eigenvalue weighted by Gasteiger charge is 2.46. The molecule has 1 N–H and O–H groups in total. The van der Waals surface area contributed by atoms with Crippen molar-refractivity contribution in [3.63, 3.8) is 0 Å². The Bertz CT molecular complexity index is 1230. The van der Waals surface area contributed by atoms with Crippen molar-refractivity contribution in [2.24, 2.45) is 5.92 Å². The molecule has 0 bridgehead atoms. The lowest BCUT2D eigenvalue weighted by atomic mass is 9.84. The van der Waals surface area contributed by atoms with Crippen molar-refractivity contribution in [2.75, 3.05) is 5.32 Å². The van der Waals surface area contributed by atoms with Crippen LogP contribution in [-0.4, -0.2) is 23.4 Å². The molecule has 1 amide bonds. The van der Waals surface area contributed by atoms with Crippen LogP contribution in [-0.2, 0) is 14.3 Å². The van der Waals surface area contributed by atoms with E-state index >= 15 is 0 Å². The highest BCUT2D eigenvalue weighted by Crippen LogP contribution is 2.38. The van der Waals surface area contributed by atoms with Gasteiger partial charge in [0.1, 0.15) is 12.0 Å². The third-order valence-electron chi connectivity index (χ3n) is 5.64. The summed E-state index contributed by atoms with van der Waals surface area (Å²) in [6, 6.07) is 20.0. The number of anilines is 1. The minimum absolute atomic E-state index is 0.255. The quantitative estimate of drug-likeness (QED) is 0.275. The van der Waals surface area contributed by atoms with Crippen LogP contribution in [0.1, 0.15) is 43.5 Å². The van der Waals surface area contributed by atoms with Crippen molar-refractivity contribution in [1.29, 1.82) is 0 Å². The zero-order chi connectivity index (χ0) is 22.8. The third-order valence-corrected chi connectivity index (χ3v) is 5.64. The highest BCUT2D eigenvalue weighted by atomic mass is 16.5. The largest absolute Gasteiger partial charge is 0.453 e.